The number of nitrogens with zero attached hydrogens (tertiary/aromatic N) is 3. The van der Waals surface area contributed by atoms with Crippen LogP contribution in [0.2, 0.25) is 10.0 Å². The normalized spacial score (nSPS) is 16.4. The second kappa shape index (κ2) is 7.44. The number of halogens is 2. The Kier molecular flexibility index (Phi) is 4.99. The summed E-state index contributed by atoms with van der Waals surface area (Å²) in [7, 11) is 0. The quantitative estimate of drug-likeness (QED) is 0.699. The van der Waals surface area contributed by atoms with E-state index >= 15 is 0 Å². The summed E-state index contributed by atoms with van der Waals surface area (Å²) in [6.07, 6.45) is 3.46. The summed E-state index contributed by atoms with van der Waals surface area (Å²) in [5, 5.41) is 10.5. The smallest absolute Gasteiger partial charge is 0.324 e. The molecule has 1 saturated heterocycles. The first kappa shape index (κ1) is 18.8. The molecule has 0 atom stereocenters. The molecule has 146 valence electrons. The molecule has 28 heavy (non-hydrogen) atoms. The van der Waals surface area contributed by atoms with Crippen LogP contribution in [0.5, 0.6) is 0 Å². The van der Waals surface area contributed by atoms with Gasteiger partial charge in [0.1, 0.15) is 0 Å². The highest BCUT2D eigenvalue weighted by Gasteiger charge is 2.33. The lowest BCUT2D eigenvalue weighted by molar-refractivity contribution is -0.124. The molecule has 0 unspecified atom stereocenters. The van der Waals surface area contributed by atoms with Gasteiger partial charge < -0.3 is 10.6 Å². The second-order valence-corrected chi connectivity index (χ2v) is 7.53. The molecule has 0 spiro atoms. The number of carbonyl (C=O) groups excluding carboxylic acids is 3. The Bertz CT molecular complexity index is 954. The van der Waals surface area contributed by atoms with Gasteiger partial charge in [0.2, 0.25) is 5.91 Å². The average molecular weight is 422 g/mol. The van der Waals surface area contributed by atoms with Gasteiger partial charge in [-0.2, -0.15) is 5.10 Å². The van der Waals surface area contributed by atoms with Crippen molar-refractivity contribution in [2.24, 2.45) is 0 Å². The zero-order valence-electron chi connectivity index (χ0n) is 14.7. The van der Waals surface area contributed by atoms with Crippen LogP contribution in [0.25, 0.3) is 5.69 Å². The van der Waals surface area contributed by atoms with Crippen molar-refractivity contribution in [3.8, 4) is 5.69 Å². The van der Waals surface area contributed by atoms with Crippen LogP contribution in [0.3, 0.4) is 0 Å². The van der Waals surface area contributed by atoms with Crippen molar-refractivity contribution in [2.45, 2.75) is 18.8 Å². The molecule has 1 aromatic carbocycles. The van der Waals surface area contributed by atoms with Crippen molar-refractivity contribution in [1.82, 2.24) is 25.3 Å². The second-order valence-electron chi connectivity index (χ2n) is 6.69. The van der Waals surface area contributed by atoms with E-state index in [0.717, 1.165) is 23.4 Å². The molecule has 0 radical (unpaired) electrons. The van der Waals surface area contributed by atoms with Gasteiger partial charge in [-0.15, -0.1) is 0 Å². The minimum absolute atomic E-state index is 0.00672. The third kappa shape index (κ3) is 3.57. The van der Waals surface area contributed by atoms with E-state index in [2.05, 4.69) is 15.7 Å². The summed E-state index contributed by atoms with van der Waals surface area (Å²) in [4.78, 5) is 36.9. The lowest BCUT2D eigenvalue weighted by atomic mass is 10.1. The molecule has 4 amide bonds. The van der Waals surface area contributed by atoms with Gasteiger partial charge in [-0.05, 0) is 31.0 Å². The number of hydrogen-bond donors (Lipinski definition) is 2. The number of aromatic nitrogens is 2. The predicted octanol–water partition coefficient (Wildman–Crippen LogP) is 2.34. The summed E-state index contributed by atoms with van der Waals surface area (Å²) in [6, 6.07) is 4.68. The van der Waals surface area contributed by atoms with Crippen LogP contribution < -0.4 is 10.6 Å². The molecular formula is C18H17Cl2N5O3. The van der Waals surface area contributed by atoms with E-state index in [0.29, 0.717) is 21.3 Å². The van der Waals surface area contributed by atoms with Gasteiger partial charge in [0.05, 0.1) is 34.7 Å². The van der Waals surface area contributed by atoms with E-state index in [-0.39, 0.29) is 37.4 Å². The zero-order chi connectivity index (χ0) is 19.8. The van der Waals surface area contributed by atoms with Crippen LogP contribution >= 0.6 is 23.2 Å². The van der Waals surface area contributed by atoms with Crippen molar-refractivity contribution in [1.29, 1.82) is 0 Å². The van der Waals surface area contributed by atoms with Crippen molar-refractivity contribution in [3.63, 3.8) is 0 Å². The Morgan fingerprint density at radius 2 is 2.07 bits per heavy atom. The molecule has 1 saturated carbocycles. The topological polar surface area (TPSA) is 96.3 Å². The molecule has 1 aliphatic carbocycles. The van der Waals surface area contributed by atoms with Crippen LogP contribution in [-0.2, 0) is 4.79 Å². The summed E-state index contributed by atoms with van der Waals surface area (Å²) in [5.41, 5.74) is 1.92. The Balaban J connectivity index is 1.51. The van der Waals surface area contributed by atoms with Crippen LogP contribution in [0.1, 0.15) is 34.8 Å². The summed E-state index contributed by atoms with van der Waals surface area (Å²) in [5.74, 6) is -0.366. The average Bonchev–Trinajstić information content (AvgIpc) is 3.33. The van der Waals surface area contributed by atoms with Crippen molar-refractivity contribution < 1.29 is 14.4 Å². The van der Waals surface area contributed by atoms with E-state index in [1.54, 1.807) is 22.9 Å². The highest BCUT2D eigenvalue weighted by Crippen LogP contribution is 2.43. The Labute approximate surface area is 170 Å². The molecule has 10 heteroatoms. The highest BCUT2D eigenvalue weighted by atomic mass is 35.5. The molecule has 8 nitrogen and oxygen atoms in total. The van der Waals surface area contributed by atoms with Gasteiger partial charge in [-0.25, -0.2) is 9.48 Å². The van der Waals surface area contributed by atoms with E-state index in [9.17, 15) is 14.4 Å². The number of nitrogens with one attached hydrogen (secondary N) is 2. The minimum Gasteiger partial charge on any atom is -0.350 e. The van der Waals surface area contributed by atoms with Gasteiger partial charge in [0, 0.05) is 24.0 Å². The molecule has 2 heterocycles. The van der Waals surface area contributed by atoms with Crippen LogP contribution in [-0.4, -0.2) is 52.2 Å². The Hall–Kier alpha value is -2.58. The largest absolute Gasteiger partial charge is 0.350 e. The van der Waals surface area contributed by atoms with E-state index in [1.165, 1.54) is 6.20 Å². The highest BCUT2D eigenvalue weighted by molar-refractivity contribution is 6.35. The molecule has 2 aromatic rings. The molecule has 2 aliphatic rings. The maximum Gasteiger partial charge on any atom is 0.324 e. The number of carbonyl (C=O) groups is 3. The number of amides is 4. The van der Waals surface area contributed by atoms with E-state index in [1.807, 2.05) is 0 Å². The van der Waals surface area contributed by atoms with Crippen molar-refractivity contribution >= 4 is 41.0 Å². The van der Waals surface area contributed by atoms with Gasteiger partial charge in [-0.1, -0.05) is 23.2 Å². The fourth-order valence-corrected chi connectivity index (χ4v) is 3.67. The van der Waals surface area contributed by atoms with Crippen LogP contribution in [0.15, 0.2) is 24.4 Å². The maximum atomic E-state index is 12.7. The SMILES string of the molecule is O=C(NCCN1C(=O)CNC1=O)c1cnn(-c2ccc(Cl)cc2Cl)c1C1CC1. The number of benzene rings is 1. The summed E-state index contributed by atoms with van der Waals surface area (Å²) >= 11 is 12.3. The Morgan fingerprint density at radius 3 is 2.71 bits per heavy atom. The monoisotopic (exact) mass is 421 g/mol. The molecule has 2 N–H and O–H groups in total. The molecule has 0 bridgehead atoms. The molecule has 1 aliphatic heterocycles. The third-order valence-corrected chi connectivity index (χ3v) is 5.25. The minimum atomic E-state index is -0.442. The van der Waals surface area contributed by atoms with E-state index in [4.69, 9.17) is 23.2 Å². The lowest BCUT2D eigenvalue weighted by Crippen LogP contribution is -2.38. The molecule has 1 aromatic heterocycles. The van der Waals surface area contributed by atoms with E-state index < -0.39 is 6.03 Å². The summed E-state index contributed by atoms with van der Waals surface area (Å²) in [6.45, 7) is 0.272. The molecule has 4 rings (SSSR count). The van der Waals surface area contributed by atoms with Gasteiger partial charge >= 0.3 is 6.03 Å². The first-order valence-corrected chi connectivity index (χ1v) is 9.61. The Morgan fingerprint density at radius 1 is 1.29 bits per heavy atom. The third-order valence-electron chi connectivity index (χ3n) is 4.71. The number of urea groups is 1. The number of rotatable bonds is 6. The van der Waals surface area contributed by atoms with Crippen LogP contribution in [0.4, 0.5) is 4.79 Å². The van der Waals surface area contributed by atoms with Crippen molar-refractivity contribution in [3.05, 3.63) is 45.7 Å². The van der Waals surface area contributed by atoms with Gasteiger partial charge in [0.25, 0.3) is 5.91 Å². The number of imide groups is 1. The number of hydrogen-bond acceptors (Lipinski definition) is 4. The van der Waals surface area contributed by atoms with Gasteiger partial charge in [-0.3, -0.25) is 14.5 Å². The standard InChI is InChI=1S/C18H17Cl2N5O3/c19-11-3-4-14(13(20)7-11)25-16(10-1-2-10)12(8-23-25)17(27)21-5-6-24-15(26)9-22-18(24)28/h3-4,7-8,10H,1-2,5-6,9H2,(H,21,27)(H,22,28). The lowest BCUT2D eigenvalue weighted by Gasteiger charge is -2.13. The molecule has 2 fully saturated rings. The maximum absolute atomic E-state index is 12.7. The first-order valence-electron chi connectivity index (χ1n) is 8.85. The zero-order valence-corrected chi connectivity index (χ0v) is 16.3. The predicted molar refractivity (Wildman–Crippen MR) is 103 cm³/mol. The first-order chi connectivity index (χ1) is 13.5. The van der Waals surface area contributed by atoms with Gasteiger partial charge in [0.15, 0.2) is 0 Å². The van der Waals surface area contributed by atoms with Crippen LogP contribution in [0, 0.1) is 0 Å². The fourth-order valence-electron chi connectivity index (χ4n) is 3.19. The van der Waals surface area contributed by atoms with Crippen molar-refractivity contribution in [2.75, 3.05) is 19.6 Å². The molecular weight excluding hydrogens is 405 g/mol. The fraction of sp³-hybridized carbons (Fsp3) is 0.333. The summed E-state index contributed by atoms with van der Waals surface area (Å²) < 4.78 is 1.68.